The summed E-state index contributed by atoms with van der Waals surface area (Å²) >= 11 is 7.33. The fraction of sp³-hybridized carbons (Fsp3) is 0.130. The van der Waals surface area contributed by atoms with Gasteiger partial charge in [0.05, 0.1) is 17.5 Å². The van der Waals surface area contributed by atoms with Crippen molar-refractivity contribution in [3.8, 4) is 5.69 Å². The molecule has 1 atom stereocenters. The van der Waals surface area contributed by atoms with E-state index in [1.807, 2.05) is 85.8 Å². The summed E-state index contributed by atoms with van der Waals surface area (Å²) in [6.07, 6.45) is 0. The predicted molar refractivity (Wildman–Crippen MR) is 122 cm³/mol. The fourth-order valence-electron chi connectivity index (χ4n) is 3.18. The molecule has 0 aliphatic rings. The van der Waals surface area contributed by atoms with Crippen LogP contribution in [0.2, 0.25) is 5.02 Å². The van der Waals surface area contributed by atoms with Crippen molar-refractivity contribution in [3.63, 3.8) is 0 Å². The molecule has 8 heteroatoms. The van der Waals surface area contributed by atoms with Gasteiger partial charge in [0.1, 0.15) is 0 Å². The fourth-order valence-corrected chi connectivity index (χ4v) is 4.01. The number of tetrazole rings is 1. The van der Waals surface area contributed by atoms with Crippen molar-refractivity contribution in [2.75, 3.05) is 5.75 Å². The molecular formula is C23H20ClN5OS. The molecule has 156 valence electrons. The van der Waals surface area contributed by atoms with E-state index in [4.69, 9.17) is 11.6 Å². The second-order valence-corrected chi connectivity index (χ2v) is 8.34. The van der Waals surface area contributed by atoms with Crippen LogP contribution < -0.4 is 5.32 Å². The summed E-state index contributed by atoms with van der Waals surface area (Å²) < 4.78 is 1.64. The summed E-state index contributed by atoms with van der Waals surface area (Å²) in [6.45, 7) is 2.01. The SMILES string of the molecule is Cc1cccc(-n2nnnc2SCC(=O)N[C@H](c2ccccc2)c2ccc(Cl)cc2)c1. The predicted octanol–water partition coefficient (Wildman–Crippen LogP) is 4.62. The van der Waals surface area contributed by atoms with Gasteiger partial charge in [-0.25, -0.2) is 0 Å². The van der Waals surface area contributed by atoms with Gasteiger partial charge in [-0.2, -0.15) is 4.68 Å². The Hall–Kier alpha value is -3.16. The van der Waals surface area contributed by atoms with Gasteiger partial charge >= 0.3 is 0 Å². The van der Waals surface area contributed by atoms with E-state index >= 15 is 0 Å². The molecule has 0 unspecified atom stereocenters. The number of benzene rings is 3. The molecule has 0 aliphatic carbocycles. The first kappa shape index (κ1) is 21.1. The molecule has 6 nitrogen and oxygen atoms in total. The molecule has 0 fully saturated rings. The lowest BCUT2D eigenvalue weighted by atomic mass is 9.99. The minimum absolute atomic E-state index is 0.118. The van der Waals surface area contributed by atoms with E-state index in [2.05, 4.69) is 20.8 Å². The zero-order valence-electron chi connectivity index (χ0n) is 16.8. The Morgan fingerprint density at radius 3 is 2.52 bits per heavy atom. The van der Waals surface area contributed by atoms with Crippen LogP contribution >= 0.6 is 23.4 Å². The molecule has 1 heterocycles. The molecule has 1 amide bonds. The lowest BCUT2D eigenvalue weighted by Gasteiger charge is -2.20. The van der Waals surface area contributed by atoms with E-state index in [9.17, 15) is 4.79 Å². The number of aryl methyl sites for hydroxylation is 1. The monoisotopic (exact) mass is 449 g/mol. The number of halogens is 1. The topological polar surface area (TPSA) is 72.7 Å². The van der Waals surface area contributed by atoms with Gasteiger partial charge < -0.3 is 5.32 Å². The molecule has 1 aromatic heterocycles. The van der Waals surface area contributed by atoms with Crippen LogP contribution in [-0.2, 0) is 4.79 Å². The van der Waals surface area contributed by atoms with Crippen molar-refractivity contribution in [3.05, 3.63) is 101 Å². The van der Waals surface area contributed by atoms with E-state index in [0.29, 0.717) is 10.2 Å². The van der Waals surface area contributed by atoms with Gasteiger partial charge in [0.15, 0.2) is 0 Å². The van der Waals surface area contributed by atoms with Crippen LogP contribution in [0.15, 0.2) is 84.0 Å². The first-order valence-corrected chi connectivity index (χ1v) is 11.0. The highest BCUT2D eigenvalue weighted by Gasteiger charge is 2.18. The highest BCUT2D eigenvalue weighted by molar-refractivity contribution is 7.99. The highest BCUT2D eigenvalue weighted by Crippen LogP contribution is 2.24. The van der Waals surface area contributed by atoms with Gasteiger partial charge in [0.25, 0.3) is 0 Å². The van der Waals surface area contributed by atoms with Crippen LogP contribution in [0.3, 0.4) is 0 Å². The minimum atomic E-state index is -0.278. The molecule has 0 saturated heterocycles. The van der Waals surface area contributed by atoms with Gasteiger partial charge in [-0.05, 0) is 58.3 Å². The molecule has 0 bridgehead atoms. The third kappa shape index (κ3) is 5.31. The van der Waals surface area contributed by atoms with Crippen LogP contribution in [0.1, 0.15) is 22.7 Å². The Bertz CT molecular complexity index is 1160. The molecule has 1 N–H and O–H groups in total. The standard InChI is InChI=1S/C23H20ClN5OS/c1-16-6-5-9-20(14-16)29-23(26-27-28-29)31-15-21(30)25-22(17-7-3-2-4-8-17)18-10-12-19(24)13-11-18/h2-14,22H,15H2,1H3,(H,25,30)/t22-/m1/s1. The van der Waals surface area contributed by atoms with Crippen molar-refractivity contribution >= 4 is 29.3 Å². The average molecular weight is 450 g/mol. The summed E-state index contributed by atoms with van der Waals surface area (Å²) in [7, 11) is 0. The van der Waals surface area contributed by atoms with Gasteiger partial charge in [-0.15, -0.1) is 5.10 Å². The van der Waals surface area contributed by atoms with Gasteiger partial charge in [-0.3, -0.25) is 4.79 Å². The first-order valence-electron chi connectivity index (χ1n) is 9.68. The van der Waals surface area contributed by atoms with Crippen molar-refractivity contribution in [1.82, 2.24) is 25.5 Å². The zero-order chi connectivity index (χ0) is 21.6. The second kappa shape index (κ2) is 9.76. The van der Waals surface area contributed by atoms with Crippen molar-refractivity contribution < 1.29 is 4.79 Å². The summed E-state index contributed by atoms with van der Waals surface area (Å²) in [4.78, 5) is 12.8. The summed E-state index contributed by atoms with van der Waals surface area (Å²) in [5, 5.41) is 16.2. The van der Waals surface area contributed by atoms with E-state index in [1.54, 1.807) is 4.68 Å². The smallest absolute Gasteiger partial charge is 0.231 e. The summed E-state index contributed by atoms with van der Waals surface area (Å²) in [6, 6.07) is 24.9. The number of nitrogens with one attached hydrogen (secondary N) is 1. The van der Waals surface area contributed by atoms with E-state index in [0.717, 1.165) is 22.4 Å². The normalized spacial score (nSPS) is 11.8. The number of nitrogens with zero attached hydrogens (tertiary/aromatic N) is 4. The van der Waals surface area contributed by atoms with Crippen LogP contribution in [0, 0.1) is 6.92 Å². The Morgan fingerprint density at radius 1 is 1.03 bits per heavy atom. The number of thioether (sulfide) groups is 1. The molecule has 0 aliphatic heterocycles. The Kier molecular flexibility index (Phi) is 6.64. The van der Waals surface area contributed by atoms with Crippen molar-refractivity contribution in [2.45, 2.75) is 18.1 Å². The number of carbonyl (C=O) groups excluding carboxylic acids is 1. The largest absolute Gasteiger partial charge is 0.344 e. The Labute approximate surface area is 189 Å². The Balaban J connectivity index is 1.48. The Morgan fingerprint density at radius 2 is 1.77 bits per heavy atom. The molecule has 0 radical (unpaired) electrons. The van der Waals surface area contributed by atoms with Gasteiger partial charge in [0.2, 0.25) is 11.1 Å². The lowest BCUT2D eigenvalue weighted by Crippen LogP contribution is -2.30. The van der Waals surface area contributed by atoms with E-state index < -0.39 is 0 Å². The number of amides is 1. The summed E-state index contributed by atoms with van der Waals surface area (Å²) in [5.74, 6) is 0.0657. The lowest BCUT2D eigenvalue weighted by molar-refractivity contribution is -0.119. The third-order valence-corrected chi connectivity index (χ3v) is 5.83. The quantitative estimate of drug-likeness (QED) is 0.417. The molecular weight excluding hydrogens is 430 g/mol. The number of hydrogen-bond acceptors (Lipinski definition) is 5. The molecule has 0 spiro atoms. The van der Waals surface area contributed by atoms with E-state index in [-0.39, 0.29) is 17.7 Å². The maximum atomic E-state index is 12.8. The molecule has 3 aromatic carbocycles. The van der Waals surface area contributed by atoms with Gasteiger partial charge in [-0.1, -0.05) is 78.0 Å². The maximum absolute atomic E-state index is 12.8. The average Bonchev–Trinajstić information content (AvgIpc) is 3.26. The highest BCUT2D eigenvalue weighted by atomic mass is 35.5. The van der Waals surface area contributed by atoms with Crippen molar-refractivity contribution in [2.24, 2.45) is 0 Å². The summed E-state index contributed by atoms with van der Waals surface area (Å²) in [5.41, 5.74) is 3.91. The second-order valence-electron chi connectivity index (χ2n) is 6.96. The molecule has 4 aromatic rings. The van der Waals surface area contributed by atoms with Crippen LogP contribution in [-0.4, -0.2) is 31.9 Å². The number of aromatic nitrogens is 4. The van der Waals surface area contributed by atoms with Crippen LogP contribution in [0.4, 0.5) is 0 Å². The van der Waals surface area contributed by atoms with Gasteiger partial charge in [0, 0.05) is 5.02 Å². The van der Waals surface area contributed by atoms with E-state index in [1.165, 1.54) is 11.8 Å². The minimum Gasteiger partial charge on any atom is -0.344 e. The molecule has 31 heavy (non-hydrogen) atoms. The zero-order valence-corrected chi connectivity index (χ0v) is 18.3. The van der Waals surface area contributed by atoms with Crippen LogP contribution in [0.25, 0.3) is 5.69 Å². The maximum Gasteiger partial charge on any atom is 0.231 e. The first-order chi connectivity index (χ1) is 15.1. The van der Waals surface area contributed by atoms with Crippen molar-refractivity contribution in [1.29, 1.82) is 0 Å². The number of hydrogen-bond donors (Lipinski definition) is 1. The van der Waals surface area contributed by atoms with Crippen LogP contribution in [0.5, 0.6) is 0 Å². The third-order valence-electron chi connectivity index (χ3n) is 4.66. The molecule has 0 saturated carbocycles. The molecule has 4 rings (SSSR count). The number of rotatable bonds is 7. The number of carbonyl (C=O) groups is 1.